The van der Waals surface area contributed by atoms with Crippen LogP contribution >= 0.6 is 23.1 Å². The van der Waals surface area contributed by atoms with Crippen LogP contribution in [0.1, 0.15) is 34.1 Å². The number of nitrogens with one attached hydrogen (secondary N) is 1. The number of benzene rings is 1. The molecule has 31 heavy (non-hydrogen) atoms. The van der Waals surface area contributed by atoms with E-state index in [4.69, 9.17) is 10.1 Å². The number of hydrogen-bond donors (Lipinski definition) is 2. The van der Waals surface area contributed by atoms with Gasteiger partial charge < -0.3 is 10.4 Å². The predicted octanol–water partition coefficient (Wildman–Crippen LogP) is 5.13. The highest BCUT2D eigenvalue weighted by molar-refractivity contribution is 8.13. The SMILES string of the molecule is CSC1=Nc2sc(C)c(C)c2C(c2ccc(NC(C)O)cc2)=NN1Cc1cccnc1. The van der Waals surface area contributed by atoms with Crippen molar-refractivity contribution in [3.05, 3.63) is 75.9 Å². The minimum absolute atomic E-state index is 0.589. The van der Waals surface area contributed by atoms with Crippen LogP contribution in [0.2, 0.25) is 0 Å². The van der Waals surface area contributed by atoms with E-state index in [2.05, 4.69) is 24.1 Å². The number of fused-ring (bicyclic) bond motifs is 1. The molecule has 0 aliphatic carbocycles. The molecule has 1 aromatic carbocycles. The molecule has 4 rings (SSSR count). The van der Waals surface area contributed by atoms with Crippen molar-refractivity contribution in [2.24, 2.45) is 10.1 Å². The Morgan fingerprint density at radius 2 is 1.97 bits per heavy atom. The lowest BCUT2D eigenvalue weighted by molar-refractivity contribution is 0.224. The Hall–Kier alpha value is -2.68. The van der Waals surface area contributed by atoms with Gasteiger partial charge in [-0.25, -0.2) is 10.0 Å². The molecule has 3 aromatic rings. The van der Waals surface area contributed by atoms with Crippen LogP contribution in [0.5, 0.6) is 0 Å². The zero-order valence-electron chi connectivity index (χ0n) is 18.0. The molecular weight excluding hydrogens is 426 g/mol. The molecule has 1 unspecified atom stereocenters. The van der Waals surface area contributed by atoms with Crippen molar-refractivity contribution in [2.75, 3.05) is 11.6 Å². The Labute approximate surface area is 190 Å². The van der Waals surface area contributed by atoms with Gasteiger partial charge in [-0.15, -0.1) is 11.3 Å². The second-order valence-corrected chi connectivity index (χ2v) is 9.30. The fourth-order valence-corrected chi connectivity index (χ4v) is 5.00. The Balaban J connectivity index is 1.81. The number of nitrogens with zero attached hydrogens (tertiary/aromatic N) is 4. The fraction of sp³-hybridized carbons (Fsp3) is 0.261. The highest BCUT2D eigenvalue weighted by Gasteiger charge is 2.25. The molecule has 0 radical (unpaired) electrons. The number of hydrazone groups is 1. The summed E-state index contributed by atoms with van der Waals surface area (Å²) in [6.45, 7) is 6.55. The standard InChI is InChI=1S/C23H25N5OS2/c1-14-15(2)31-22-20(14)21(18-7-9-19(10-8-18)25-16(3)29)27-28(23(26-22)30-4)13-17-6-5-11-24-12-17/h5-12,16,25,29H,13H2,1-4H3. The van der Waals surface area contributed by atoms with Crippen LogP contribution < -0.4 is 5.32 Å². The van der Waals surface area contributed by atoms with Crippen molar-refractivity contribution in [3.8, 4) is 0 Å². The maximum absolute atomic E-state index is 9.60. The van der Waals surface area contributed by atoms with E-state index >= 15 is 0 Å². The minimum Gasteiger partial charge on any atom is -0.374 e. The summed E-state index contributed by atoms with van der Waals surface area (Å²) in [7, 11) is 0. The van der Waals surface area contributed by atoms with Gasteiger partial charge in [0.2, 0.25) is 0 Å². The van der Waals surface area contributed by atoms with Crippen molar-refractivity contribution in [1.29, 1.82) is 0 Å². The third-order valence-corrected chi connectivity index (χ3v) is 6.78. The number of amidine groups is 1. The van der Waals surface area contributed by atoms with E-state index < -0.39 is 6.23 Å². The normalized spacial score (nSPS) is 14.4. The van der Waals surface area contributed by atoms with Gasteiger partial charge in [-0.05, 0) is 56.4 Å². The second-order valence-electron chi connectivity index (χ2n) is 7.33. The van der Waals surface area contributed by atoms with Gasteiger partial charge in [-0.1, -0.05) is 30.0 Å². The van der Waals surface area contributed by atoms with Crippen molar-refractivity contribution in [1.82, 2.24) is 9.99 Å². The lowest BCUT2D eigenvalue weighted by atomic mass is 10.00. The first kappa shape index (κ1) is 21.5. The van der Waals surface area contributed by atoms with Crippen molar-refractivity contribution >= 4 is 44.7 Å². The van der Waals surface area contributed by atoms with Crippen LogP contribution in [0.4, 0.5) is 10.7 Å². The molecule has 1 atom stereocenters. The predicted molar refractivity (Wildman–Crippen MR) is 132 cm³/mol. The number of aromatic nitrogens is 1. The molecule has 0 spiro atoms. The van der Waals surface area contributed by atoms with Gasteiger partial charge in [0.1, 0.15) is 16.9 Å². The number of rotatable bonds is 5. The van der Waals surface area contributed by atoms with E-state index in [1.807, 2.05) is 53.9 Å². The summed E-state index contributed by atoms with van der Waals surface area (Å²) in [5.41, 5.74) is 6.13. The molecule has 0 saturated carbocycles. The molecule has 1 aliphatic heterocycles. The number of aliphatic hydroxyl groups is 1. The Morgan fingerprint density at radius 3 is 2.61 bits per heavy atom. The molecule has 1 aliphatic rings. The topological polar surface area (TPSA) is 73.1 Å². The quantitative estimate of drug-likeness (QED) is 0.526. The van der Waals surface area contributed by atoms with Crippen molar-refractivity contribution < 1.29 is 5.11 Å². The first-order chi connectivity index (χ1) is 15.0. The number of thioether (sulfide) groups is 1. The molecule has 2 aromatic heterocycles. The van der Waals surface area contributed by atoms with Crippen molar-refractivity contribution in [2.45, 2.75) is 33.5 Å². The first-order valence-corrected chi connectivity index (χ1v) is 12.0. The summed E-state index contributed by atoms with van der Waals surface area (Å²) < 4.78 is 0. The lowest BCUT2D eigenvalue weighted by Crippen LogP contribution is -2.24. The number of thiophene rings is 1. The third-order valence-electron chi connectivity index (χ3n) is 5.01. The fourth-order valence-electron chi connectivity index (χ4n) is 3.41. The molecule has 8 heteroatoms. The molecule has 0 bridgehead atoms. The average molecular weight is 452 g/mol. The van der Waals surface area contributed by atoms with Gasteiger partial charge in [-0.3, -0.25) is 4.98 Å². The maximum Gasteiger partial charge on any atom is 0.185 e. The van der Waals surface area contributed by atoms with Crippen LogP contribution in [-0.2, 0) is 6.54 Å². The molecular formula is C23H25N5OS2. The maximum atomic E-state index is 9.60. The third kappa shape index (κ3) is 4.66. The molecule has 6 nitrogen and oxygen atoms in total. The second kappa shape index (κ2) is 9.21. The Bertz CT molecular complexity index is 1120. The summed E-state index contributed by atoms with van der Waals surface area (Å²) >= 11 is 3.29. The van der Waals surface area contributed by atoms with Gasteiger partial charge >= 0.3 is 0 Å². The number of hydrogen-bond acceptors (Lipinski definition) is 8. The van der Waals surface area contributed by atoms with Gasteiger partial charge in [0, 0.05) is 34.1 Å². The zero-order valence-corrected chi connectivity index (χ0v) is 19.6. The molecule has 0 saturated heterocycles. The summed E-state index contributed by atoms with van der Waals surface area (Å²) in [4.78, 5) is 10.5. The van der Waals surface area contributed by atoms with E-state index in [1.54, 1.807) is 36.2 Å². The van der Waals surface area contributed by atoms with Gasteiger partial charge in [0.25, 0.3) is 0 Å². The number of aryl methyl sites for hydroxylation is 1. The smallest absolute Gasteiger partial charge is 0.185 e. The van der Waals surface area contributed by atoms with Gasteiger partial charge in [-0.2, -0.15) is 5.10 Å². The number of aliphatic imine (C=N–C) groups is 1. The first-order valence-electron chi connectivity index (χ1n) is 9.99. The monoisotopic (exact) mass is 451 g/mol. The summed E-state index contributed by atoms with van der Waals surface area (Å²) in [5.74, 6) is 0. The van der Waals surface area contributed by atoms with E-state index in [9.17, 15) is 5.11 Å². The highest BCUT2D eigenvalue weighted by atomic mass is 32.2. The Morgan fingerprint density at radius 1 is 1.19 bits per heavy atom. The Kier molecular flexibility index (Phi) is 6.41. The van der Waals surface area contributed by atoms with E-state index in [0.29, 0.717) is 6.54 Å². The van der Waals surface area contributed by atoms with Gasteiger partial charge in [0.05, 0.1) is 6.54 Å². The number of pyridine rings is 1. The number of aliphatic hydroxyl groups excluding tert-OH is 1. The average Bonchev–Trinajstić information content (AvgIpc) is 2.94. The molecule has 0 amide bonds. The zero-order chi connectivity index (χ0) is 22.0. The summed E-state index contributed by atoms with van der Waals surface area (Å²) in [5, 5.41) is 21.5. The van der Waals surface area contributed by atoms with E-state index in [-0.39, 0.29) is 0 Å². The molecule has 0 fully saturated rings. The number of anilines is 1. The van der Waals surface area contributed by atoms with Crippen LogP contribution in [0.25, 0.3) is 0 Å². The summed E-state index contributed by atoms with van der Waals surface area (Å²) in [6.07, 6.45) is 5.05. The highest BCUT2D eigenvalue weighted by Crippen LogP contribution is 2.39. The summed E-state index contributed by atoms with van der Waals surface area (Å²) in [6, 6.07) is 12.0. The largest absolute Gasteiger partial charge is 0.374 e. The van der Waals surface area contributed by atoms with Crippen LogP contribution in [0, 0.1) is 13.8 Å². The minimum atomic E-state index is -0.609. The van der Waals surface area contributed by atoms with E-state index in [1.165, 1.54) is 10.4 Å². The molecule has 2 N–H and O–H groups in total. The van der Waals surface area contributed by atoms with Crippen LogP contribution in [0.3, 0.4) is 0 Å². The van der Waals surface area contributed by atoms with Crippen LogP contribution in [0.15, 0.2) is 58.9 Å². The molecule has 3 heterocycles. The molecule has 160 valence electrons. The van der Waals surface area contributed by atoms with Gasteiger partial charge in [0.15, 0.2) is 5.17 Å². The van der Waals surface area contributed by atoms with E-state index in [0.717, 1.165) is 38.3 Å². The van der Waals surface area contributed by atoms with Crippen LogP contribution in [-0.4, -0.2) is 38.5 Å². The lowest BCUT2D eigenvalue weighted by Gasteiger charge is -2.20. The van der Waals surface area contributed by atoms with Crippen molar-refractivity contribution in [3.63, 3.8) is 0 Å².